The van der Waals surface area contributed by atoms with Gasteiger partial charge in [-0.3, -0.25) is 9.80 Å². The van der Waals surface area contributed by atoms with E-state index in [1.54, 1.807) is 39.2 Å². The molecule has 4 rings (SSSR count). The van der Waals surface area contributed by atoms with Gasteiger partial charge in [0.15, 0.2) is 11.3 Å². The minimum absolute atomic E-state index is 0.168. The summed E-state index contributed by atoms with van der Waals surface area (Å²) in [6, 6.07) is 1.68. The van der Waals surface area contributed by atoms with Gasteiger partial charge in [-0.1, -0.05) is 0 Å². The van der Waals surface area contributed by atoms with Crippen molar-refractivity contribution < 1.29 is 4.79 Å². The lowest BCUT2D eigenvalue weighted by atomic mass is 10.3. The second-order valence-corrected chi connectivity index (χ2v) is 5.89. The molecule has 112 valence electrons. The van der Waals surface area contributed by atoms with Crippen LogP contribution in [0.4, 0.5) is 5.95 Å². The van der Waals surface area contributed by atoms with Gasteiger partial charge in [-0.25, -0.2) is 19.5 Å². The Balaban J connectivity index is 1.68. The van der Waals surface area contributed by atoms with Gasteiger partial charge in [-0.15, -0.1) is 0 Å². The molecule has 0 atom stereocenters. The number of anilines is 1. The molecule has 0 aliphatic carbocycles. The highest BCUT2D eigenvalue weighted by Gasteiger charge is 2.28. The third-order valence-corrected chi connectivity index (χ3v) is 4.04. The molecule has 0 saturated carbocycles. The van der Waals surface area contributed by atoms with Crippen LogP contribution in [-0.4, -0.2) is 48.7 Å². The van der Waals surface area contributed by atoms with E-state index in [0.717, 1.165) is 10.4 Å². The summed E-state index contributed by atoms with van der Waals surface area (Å²) in [5.41, 5.74) is 0.991. The van der Waals surface area contributed by atoms with E-state index in [9.17, 15) is 4.79 Å². The van der Waals surface area contributed by atoms with Gasteiger partial charge < -0.3 is 4.57 Å². The van der Waals surface area contributed by atoms with Crippen molar-refractivity contribution in [2.24, 2.45) is 0 Å². The van der Waals surface area contributed by atoms with Crippen molar-refractivity contribution in [3.8, 4) is 0 Å². The van der Waals surface area contributed by atoms with Crippen LogP contribution in [0.15, 0.2) is 35.3 Å². The molecule has 22 heavy (non-hydrogen) atoms. The minimum Gasteiger partial charge on any atom is -0.314 e. The van der Waals surface area contributed by atoms with Crippen molar-refractivity contribution in [3.63, 3.8) is 0 Å². The monoisotopic (exact) mass is 361 g/mol. The number of carbonyl (C=O) groups is 1. The topological polar surface area (TPSA) is 71.6 Å². The number of hydrogen-bond donors (Lipinski definition) is 0. The Kier molecular flexibility index (Phi) is 2.89. The predicted molar refractivity (Wildman–Crippen MR) is 82.4 cm³/mol. The molecule has 1 aliphatic heterocycles. The van der Waals surface area contributed by atoms with Crippen molar-refractivity contribution in [2.75, 3.05) is 18.6 Å². The predicted octanol–water partition coefficient (Wildman–Crippen LogP) is 1.20. The Labute approximate surface area is 134 Å². The van der Waals surface area contributed by atoms with Gasteiger partial charge in [-0.2, -0.15) is 5.10 Å². The van der Waals surface area contributed by atoms with Crippen molar-refractivity contribution in [2.45, 2.75) is 6.54 Å². The number of carbonyl (C=O) groups excluding carboxylic acids is 1. The smallest absolute Gasteiger partial charge is 0.293 e. The Morgan fingerprint density at radius 2 is 2.18 bits per heavy atom. The lowest BCUT2D eigenvalue weighted by molar-refractivity contribution is 0.0710. The maximum Gasteiger partial charge on any atom is 0.293 e. The number of amides is 1. The molecular weight excluding hydrogens is 350 g/mol. The fraction of sp³-hybridized carbons (Fsp3) is 0.231. The van der Waals surface area contributed by atoms with Crippen LogP contribution in [0.1, 0.15) is 10.5 Å². The van der Waals surface area contributed by atoms with Crippen LogP contribution in [0.25, 0.3) is 5.65 Å². The molecule has 0 fully saturated rings. The first kappa shape index (κ1) is 13.3. The molecule has 3 aromatic heterocycles. The molecule has 0 unspecified atom stereocenters. The second kappa shape index (κ2) is 4.80. The number of hydrogen-bond acceptors (Lipinski definition) is 5. The van der Waals surface area contributed by atoms with Crippen molar-refractivity contribution >= 4 is 33.4 Å². The van der Waals surface area contributed by atoms with E-state index in [4.69, 9.17) is 0 Å². The molecule has 0 radical (unpaired) electrons. The second-order valence-electron chi connectivity index (χ2n) is 4.98. The third kappa shape index (κ3) is 1.97. The van der Waals surface area contributed by atoms with Gasteiger partial charge in [0.2, 0.25) is 5.95 Å². The Bertz CT molecular complexity index is 870. The van der Waals surface area contributed by atoms with Crippen LogP contribution in [0.5, 0.6) is 0 Å². The lowest BCUT2D eigenvalue weighted by Crippen LogP contribution is -2.50. The van der Waals surface area contributed by atoms with Crippen molar-refractivity contribution in [3.05, 3.63) is 41.0 Å². The average molecular weight is 362 g/mol. The van der Waals surface area contributed by atoms with E-state index >= 15 is 0 Å². The van der Waals surface area contributed by atoms with Crippen LogP contribution >= 0.6 is 15.9 Å². The van der Waals surface area contributed by atoms with Gasteiger partial charge in [0.05, 0.1) is 11.0 Å². The van der Waals surface area contributed by atoms with E-state index in [0.29, 0.717) is 24.4 Å². The summed E-state index contributed by atoms with van der Waals surface area (Å²) in [6.07, 6.45) is 7.08. The SMILES string of the molecule is CN1c2nccn2CCN1C(=O)c1cc2ncc(Br)cn2n1. The zero-order valence-electron chi connectivity index (χ0n) is 11.7. The summed E-state index contributed by atoms with van der Waals surface area (Å²) >= 11 is 3.34. The largest absolute Gasteiger partial charge is 0.314 e. The molecule has 8 nitrogen and oxygen atoms in total. The molecule has 0 N–H and O–H groups in total. The van der Waals surface area contributed by atoms with E-state index in [1.807, 2.05) is 17.8 Å². The van der Waals surface area contributed by atoms with E-state index in [1.165, 1.54) is 0 Å². The highest BCUT2D eigenvalue weighted by molar-refractivity contribution is 9.10. The standard InChI is InChI=1S/C13H12BrN7O/c1-18-13-15-2-3-19(13)4-5-21(18)12(22)10-6-11-16-7-9(14)8-20(11)17-10/h2-3,6-8H,4-5H2,1H3. The van der Waals surface area contributed by atoms with Crippen molar-refractivity contribution in [1.82, 2.24) is 29.2 Å². The summed E-state index contributed by atoms with van der Waals surface area (Å²) in [4.78, 5) is 21.2. The summed E-state index contributed by atoms with van der Waals surface area (Å²) < 4.78 is 4.40. The summed E-state index contributed by atoms with van der Waals surface area (Å²) in [6.45, 7) is 1.28. The molecular formula is C13H12BrN7O. The molecule has 0 saturated heterocycles. The highest BCUT2D eigenvalue weighted by Crippen LogP contribution is 2.20. The minimum atomic E-state index is -0.168. The molecule has 0 aromatic carbocycles. The van der Waals surface area contributed by atoms with Gasteiger partial charge in [0, 0.05) is 44.4 Å². The maximum absolute atomic E-state index is 12.7. The molecule has 9 heteroatoms. The number of aromatic nitrogens is 5. The molecule has 3 aromatic rings. The summed E-state index contributed by atoms with van der Waals surface area (Å²) in [5, 5.41) is 7.69. The molecule has 0 bridgehead atoms. The number of nitrogens with zero attached hydrogens (tertiary/aromatic N) is 7. The Hall–Kier alpha value is -2.42. The maximum atomic E-state index is 12.7. The quantitative estimate of drug-likeness (QED) is 0.651. The van der Waals surface area contributed by atoms with Crippen molar-refractivity contribution in [1.29, 1.82) is 0 Å². The number of imidazole rings is 1. The Morgan fingerprint density at radius 3 is 3.05 bits per heavy atom. The van der Waals surface area contributed by atoms with Gasteiger partial charge in [-0.05, 0) is 15.9 Å². The first-order valence-corrected chi connectivity index (χ1v) is 7.50. The third-order valence-electron chi connectivity index (χ3n) is 3.63. The summed E-state index contributed by atoms with van der Waals surface area (Å²) in [5.74, 6) is 0.572. The van der Waals surface area contributed by atoms with Crippen LogP contribution in [-0.2, 0) is 6.54 Å². The summed E-state index contributed by atoms with van der Waals surface area (Å²) in [7, 11) is 1.82. The van der Waals surface area contributed by atoms with E-state index in [-0.39, 0.29) is 5.91 Å². The molecule has 1 amide bonds. The first-order chi connectivity index (χ1) is 10.6. The van der Waals surface area contributed by atoms with Crippen LogP contribution in [0.3, 0.4) is 0 Å². The number of rotatable bonds is 1. The molecule has 1 aliphatic rings. The van der Waals surface area contributed by atoms with E-state index in [2.05, 4.69) is 31.0 Å². The van der Waals surface area contributed by atoms with Crippen LogP contribution < -0.4 is 5.01 Å². The fourth-order valence-electron chi connectivity index (χ4n) is 2.55. The first-order valence-electron chi connectivity index (χ1n) is 6.71. The molecule has 4 heterocycles. The van der Waals surface area contributed by atoms with Gasteiger partial charge >= 0.3 is 0 Å². The zero-order chi connectivity index (χ0) is 15.3. The zero-order valence-corrected chi connectivity index (χ0v) is 13.3. The van der Waals surface area contributed by atoms with E-state index < -0.39 is 0 Å². The van der Waals surface area contributed by atoms with Crippen LogP contribution in [0, 0.1) is 0 Å². The fourth-order valence-corrected chi connectivity index (χ4v) is 2.85. The highest BCUT2D eigenvalue weighted by atomic mass is 79.9. The molecule has 0 spiro atoms. The van der Waals surface area contributed by atoms with Crippen LogP contribution in [0.2, 0.25) is 0 Å². The lowest BCUT2D eigenvalue weighted by Gasteiger charge is -2.36. The van der Waals surface area contributed by atoms with Gasteiger partial charge in [0.1, 0.15) is 0 Å². The van der Waals surface area contributed by atoms with Gasteiger partial charge in [0.25, 0.3) is 5.91 Å². The number of halogens is 1. The average Bonchev–Trinajstić information content (AvgIpc) is 3.12. The Morgan fingerprint density at radius 1 is 1.32 bits per heavy atom. The normalized spacial score (nSPS) is 14.5. The number of hydrazine groups is 1. The number of fused-ring (bicyclic) bond motifs is 2.